The molecular weight excluding hydrogens is 418 g/mol. The number of piperidine rings is 1. The fourth-order valence-corrected chi connectivity index (χ4v) is 4.20. The number of anilines is 2. The van der Waals surface area contributed by atoms with Crippen LogP contribution in [0, 0.1) is 11.6 Å². The Labute approximate surface area is 182 Å². The monoisotopic (exact) mass is 442 g/mol. The van der Waals surface area contributed by atoms with Gasteiger partial charge in [-0.15, -0.1) is 5.10 Å². The first-order chi connectivity index (χ1) is 15.3. The Kier molecular flexibility index (Phi) is 4.92. The quantitative estimate of drug-likeness (QED) is 0.500. The number of nitrogens with two attached hydrogens (primary N) is 1. The number of benzene rings is 1. The molecular formula is C21H24F2N8O. The third-order valence-corrected chi connectivity index (χ3v) is 6.19. The zero-order chi connectivity index (χ0) is 22.6. The molecule has 11 heteroatoms. The molecule has 0 unspecified atom stereocenters. The minimum atomic E-state index is -0.786. The third kappa shape index (κ3) is 3.42. The second kappa shape index (κ2) is 7.66. The van der Waals surface area contributed by atoms with Gasteiger partial charge in [0.15, 0.2) is 17.3 Å². The largest absolute Gasteiger partial charge is 0.391 e. The fraction of sp³-hybridized carbons (Fsp3) is 0.429. The van der Waals surface area contributed by atoms with Crippen molar-refractivity contribution in [1.82, 2.24) is 29.4 Å². The Morgan fingerprint density at radius 3 is 2.81 bits per heavy atom. The molecule has 1 saturated heterocycles. The van der Waals surface area contributed by atoms with Crippen molar-refractivity contribution in [3.63, 3.8) is 0 Å². The first-order valence-corrected chi connectivity index (χ1v) is 10.6. The number of nitrogen functional groups attached to an aromatic ring is 1. The summed E-state index contributed by atoms with van der Waals surface area (Å²) >= 11 is 0. The predicted molar refractivity (Wildman–Crippen MR) is 115 cm³/mol. The van der Waals surface area contributed by atoms with Crippen LogP contribution in [-0.4, -0.2) is 53.7 Å². The summed E-state index contributed by atoms with van der Waals surface area (Å²) in [6.07, 6.45) is 5.01. The van der Waals surface area contributed by atoms with Crippen LogP contribution in [-0.2, 0) is 0 Å². The van der Waals surface area contributed by atoms with E-state index in [0.717, 1.165) is 31.1 Å². The van der Waals surface area contributed by atoms with Gasteiger partial charge in [0.05, 0.1) is 29.4 Å². The van der Waals surface area contributed by atoms with Crippen molar-refractivity contribution in [3.05, 3.63) is 42.0 Å². The van der Waals surface area contributed by atoms with Crippen LogP contribution in [0.4, 0.5) is 20.4 Å². The molecule has 168 valence electrons. The van der Waals surface area contributed by atoms with Gasteiger partial charge in [0.2, 0.25) is 5.95 Å². The number of aliphatic hydroxyl groups is 1. The number of halogens is 2. The summed E-state index contributed by atoms with van der Waals surface area (Å²) in [6, 6.07) is 1.85. The Morgan fingerprint density at radius 1 is 1.22 bits per heavy atom. The van der Waals surface area contributed by atoms with E-state index < -0.39 is 17.7 Å². The fourth-order valence-electron chi connectivity index (χ4n) is 4.20. The molecule has 1 aromatic carbocycles. The van der Waals surface area contributed by atoms with E-state index in [-0.39, 0.29) is 34.5 Å². The SMILES string of the molecule is C[C@H]([C@@H](C)O)n1cc(N2CCC[C@@H](c3nc4c5cc(F)cc(F)c5nc(N)n4n3)C2)cn1. The first kappa shape index (κ1) is 20.6. The number of fused-ring (bicyclic) bond motifs is 3. The van der Waals surface area contributed by atoms with Gasteiger partial charge in [0.25, 0.3) is 0 Å². The van der Waals surface area contributed by atoms with E-state index in [4.69, 9.17) is 5.73 Å². The number of hydrogen-bond donors (Lipinski definition) is 2. The van der Waals surface area contributed by atoms with E-state index in [9.17, 15) is 13.9 Å². The van der Waals surface area contributed by atoms with Crippen molar-refractivity contribution in [2.24, 2.45) is 0 Å². The van der Waals surface area contributed by atoms with Gasteiger partial charge < -0.3 is 15.7 Å². The molecule has 0 spiro atoms. The van der Waals surface area contributed by atoms with Gasteiger partial charge >= 0.3 is 0 Å². The summed E-state index contributed by atoms with van der Waals surface area (Å²) in [5.41, 5.74) is 7.21. The van der Waals surface area contributed by atoms with Crippen LogP contribution in [0.3, 0.4) is 0 Å². The van der Waals surface area contributed by atoms with E-state index in [0.29, 0.717) is 12.4 Å². The van der Waals surface area contributed by atoms with Gasteiger partial charge in [-0.2, -0.15) is 9.61 Å². The molecule has 0 radical (unpaired) electrons. The van der Waals surface area contributed by atoms with Gasteiger partial charge in [0, 0.05) is 31.3 Å². The first-order valence-electron chi connectivity index (χ1n) is 10.6. The molecule has 0 amide bonds. The Hall–Kier alpha value is -3.34. The molecule has 0 bridgehead atoms. The molecule has 1 aliphatic heterocycles. The molecule has 4 aromatic rings. The average Bonchev–Trinajstić information content (AvgIpc) is 3.43. The lowest BCUT2D eigenvalue weighted by molar-refractivity contribution is 0.132. The molecule has 1 fully saturated rings. The van der Waals surface area contributed by atoms with E-state index in [1.807, 2.05) is 13.1 Å². The summed E-state index contributed by atoms with van der Waals surface area (Å²) < 4.78 is 31.2. The Balaban J connectivity index is 1.48. The Morgan fingerprint density at radius 2 is 2.03 bits per heavy atom. The molecule has 32 heavy (non-hydrogen) atoms. The second-order valence-electron chi connectivity index (χ2n) is 8.40. The normalized spacial score (nSPS) is 19.0. The molecule has 3 aromatic heterocycles. The van der Waals surface area contributed by atoms with Crippen LogP contribution in [0.15, 0.2) is 24.5 Å². The van der Waals surface area contributed by atoms with E-state index in [1.54, 1.807) is 17.8 Å². The molecule has 1 aliphatic rings. The number of aliphatic hydroxyl groups excluding tert-OH is 1. The highest BCUT2D eigenvalue weighted by Gasteiger charge is 2.27. The smallest absolute Gasteiger partial charge is 0.223 e. The highest BCUT2D eigenvalue weighted by molar-refractivity contribution is 5.92. The summed E-state index contributed by atoms with van der Waals surface area (Å²) in [5.74, 6) is -0.928. The molecule has 3 N–H and O–H groups in total. The van der Waals surface area contributed by atoms with Crippen molar-refractivity contribution in [3.8, 4) is 0 Å². The van der Waals surface area contributed by atoms with Gasteiger partial charge in [-0.1, -0.05) is 0 Å². The lowest BCUT2D eigenvalue weighted by Gasteiger charge is -2.32. The summed E-state index contributed by atoms with van der Waals surface area (Å²) in [5, 5.41) is 19.0. The van der Waals surface area contributed by atoms with Crippen molar-refractivity contribution in [2.45, 2.75) is 44.8 Å². The van der Waals surface area contributed by atoms with Crippen LogP contribution in [0.2, 0.25) is 0 Å². The van der Waals surface area contributed by atoms with Crippen molar-refractivity contribution >= 4 is 28.2 Å². The number of nitrogens with zero attached hydrogens (tertiary/aromatic N) is 7. The van der Waals surface area contributed by atoms with Crippen LogP contribution in [0.1, 0.15) is 44.5 Å². The van der Waals surface area contributed by atoms with Gasteiger partial charge in [0.1, 0.15) is 11.3 Å². The molecule has 0 saturated carbocycles. The standard InChI is InChI=1S/C21H24F2N8O/c1-11(12(2)32)30-10-15(8-25-30)29-5-3-4-13(9-29)19-27-20-16-6-14(22)7-17(23)18(16)26-21(24)31(20)28-19/h6-8,10-13,32H,3-5,9H2,1-2H3,(H2,24,26)/t11-,12-,13-/m1/s1. The van der Waals surface area contributed by atoms with Crippen LogP contribution in [0.5, 0.6) is 0 Å². The predicted octanol–water partition coefficient (Wildman–Crippen LogP) is 2.66. The lowest BCUT2D eigenvalue weighted by atomic mass is 9.97. The number of aromatic nitrogens is 6. The topological polar surface area (TPSA) is 110 Å². The van der Waals surface area contributed by atoms with Gasteiger partial charge in [-0.25, -0.2) is 18.7 Å². The maximum absolute atomic E-state index is 14.2. The molecule has 9 nitrogen and oxygen atoms in total. The van der Waals surface area contributed by atoms with Crippen LogP contribution >= 0.6 is 0 Å². The van der Waals surface area contributed by atoms with Crippen molar-refractivity contribution in [1.29, 1.82) is 0 Å². The average molecular weight is 442 g/mol. The second-order valence-corrected chi connectivity index (χ2v) is 8.40. The zero-order valence-corrected chi connectivity index (χ0v) is 17.8. The van der Waals surface area contributed by atoms with Crippen LogP contribution < -0.4 is 10.6 Å². The van der Waals surface area contributed by atoms with E-state index in [1.165, 1.54) is 10.6 Å². The highest BCUT2D eigenvalue weighted by atomic mass is 19.1. The van der Waals surface area contributed by atoms with Crippen molar-refractivity contribution < 1.29 is 13.9 Å². The molecule has 0 aliphatic carbocycles. The molecule has 3 atom stereocenters. The molecule has 5 rings (SSSR count). The van der Waals surface area contributed by atoms with E-state index >= 15 is 0 Å². The minimum Gasteiger partial charge on any atom is -0.391 e. The number of rotatable bonds is 4. The number of hydrogen-bond acceptors (Lipinski definition) is 7. The molecule has 4 heterocycles. The van der Waals surface area contributed by atoms with Gasteiger partial charge in [-0.05, 0) is 32.8 Å². The minimum absolute atomic E-state index is 0.00203. The van der Waals surface area contributed by atoms with E-state index in [2.05, 4.69) is 25.1 Å². The third-order valence-electron chi connectivity index (χ3n) is 6.19. The summed E-state index contributed by atoms with van der Waals surface area (Å²) in [4.78, 5) is 10.9. The highest BCUT2D eigenvalue weighted by Crippen LogP contribution is 2.31. The maximum Gasteiger partial charge on any atom is 0.223 e. The lowest BCUT2D eigenvalue weighted by Crippen LogP contribution is -2.34. The summed E-state index contributed by atoms with van der Waals surface area (Å²) in [6.45, 7) is 5.18. The summed E-state index contributed by atoms with van der Waals surface area (Å²) in [7, 11) is 0. The Bertz CT molecular complexity index is 1300. The zero-order valence-electron chi connectivity index (χ0n) is 17.8. The van der Waals surface area contributed by atoms with Crippen molar-refractivity contribution in [2.75, 3.05) is 23.7 Å². The van der Waals surface area contributed by atoms with Gasteiger partial charge in [-0.3, -0.25) is 4.68 Å². The maximum atomic E-state index is 14.2. The van der Waals surface area contributed by atoms with Crippen LogP contribution in [0.25, 0.3) is 16.6 Å².